The van der Waals surface area contributed by atoms with Gasteiger partial charge < -0.3 is 14.9 Å². The van der Waals surface area contributed by atoms with Crippen molar-refractivity contribution >= 4 is 17.7 Å². The van der Waals surface area contributed by atoms with E-state index in [1.165, 1.54) is 31.2 Å². The lowest BCUT2D eigenvalue weighted by Gasteiger charge is -2.10. The van der Waals surface area contributed by atoms with E-state index in [4.69, 9.17) is 9.84 Å². The third-order valence-corrected chi connectivity index (χ3v) is 2.49. The molecule has 2 N–H and O–H groups in total. The maximum atomic E-state index is 11.7. The van der Waals surface area contributed by atoms with Crippen LogP contribution < -0.4 is 0 Å². The second-order valence-corrected chi connectivity index (χ2v) is 4.14. The minimum atomic E-state index is -1.41. The Bertz CT molecular complexity index is 561. The number of ketones is 1. The lowest BCUT2D eigenvalue weighted by Crippen LogP contribution is -2.27. The Balaban J connectivity index is 2.76. The van der Waals surface area contributed by atoms with Crippen LogP contribution in [-0.4, -0.2) is 40.6 Å². The fraction of sp³-hybridized carbons (Fsp3) is 0.214. The molecule has 0 aromatic heterocycles. The highest BCUT2D eigenvalue weighted by molar-refractivity contribution is 6.03. The first kappa shape index (κ1) is 15.6. The predicted octanol–water partition coefficient (Wildman–Crippen LogP) is 1.05. The van der Waals surface area contributed by atoms with Crippen LogP contribution in [0.3, 0.4) is 0 Å². The number of ether oxygens (including phenoxy) is 1. The number of hydrogen-bond acceptors (Lipinski definition) is 5. The maximum Gasteiger partial charge on any atom is 0.339 e. The first-order valence-corrected chi connectivity index (χ1v) is 5.70. The van der Waals surface area contributed by atoms with Gasteiger partial charge in [-0.15, -0.1) is 0 Å². The van der Waals surface area contributed by atoms with Crippen molar-refractivity contribution in [3.05, 3.63) is 47.5 Å². The zero-order valence-electron chi connectivity index (χ0n) is 10.8. The molecule has 6 nitrogen and oxygen atoms in total. The average Bonchev–Trinajstić information content (AvgIpc) is 2.43. The number of esters is 1. The number of hydrogen-bond donors (Lipinski definition) is 2. The summed E-state index contributed by atoms with van der Waals surface area (Å²) in [4.78, 5) is 34.1. The number of carboxylic acids is 1. The molecule has 106 valence electrons. The second kappa shape index (κ2) is 6.63. The summed E-state index contributed by atoms with van der Waals surface area (Å²) < 4.78 is 4.70. The van der Waals surface area contributed by atoms with Crippen LogP contribution in [0.25, 0.3) is 0 Å². The lowest BCUT2D eigenvalue weighted by molar-refractivity contribution is -0.128. The SMILES string of the molecule is C=C(C)C(O)C(=O)COC(=O)c1ccccc1C(=O)O. The minimum Gasteiger partial charge on any atom is -0.478 e. The topological polar surface area (TPSA) is 101 Å². The molecule has 0 heterocycles. The summed E-state index contributed by atoms with van der Waals surface area (Å²) in [5.41, 5.74) is -0.139. The molecule has 0 fully saturated rings. The van der Waals surface area contributed by atoms with Gasteiger partial charge in [0.25, 0.3) is 0 Å². The average molecular weight is 278 g/mol. The van der Waals surface area contributed by atoms with Crippen LogP contribution in [-0.2, 0) is 9.53 Å². The number of benzene rings is 1. The highest BCUT2D eigenvalue weighted by atomic mass is 16.5. The Labute approximate surface area is 115 Å². The quantitative estimate of drug-likeness (QED) is 0.595. The molecule has 6 heteroatoms. The van der Waals surface area contributed by atoms with E-state index < -0.39 is 30.4 Å². The van der Waals surface area contributed by atoms with E-state index in [1.807, 2.05) is 0 Å². The third-order valence-electron chi connectivity index (χ3n) is 2.49. The third kappa shape index (κ3) is 3.76. The molecular formula is C14H14O6. The van der Waals surface area contributed by atoms with Gasteiger partial charge in [0, 0.05) is 0 Å². The number of aliphatic hydroxyl groups excluding tert-OH is 1. The number of rotatable bonds is 6. The van der Waals surface area contributed by atoms with Crippen LogP contribution in [0.15, 0.2) is 36.4 Å². The van der Waals surface area contributed by atoms with Gasteiger partial charge in [0.2, 0.25) is 5.78 Å². The number of aliphatic hydroxyl groups is 1. The summed E-state index contributed by atoms with van der Waals surface area (Å²) in [6.07, 6.45) is -1.41. The maximum absolute atomic E-state index is 11.7. The van der Waals surface area contributed by atoms with Crippen molar-refractivity contribution in [2.24, 2.45) is 0 Å². The Morgan fingerprint density at radius 3 is 2.30 bits per heavy atom. The Morgan fingerprint density at radius 2 is 1.80 bits per heavy atom. The van der Waals surface area contributed by atoms with Crippen LogP contribution >= 0.6 is 0 Å². The summed E-state index contributed by atoms with van der Waals surface area (Å²) in [6, 6.07) is 5.48. The number of carbonyl (C=O) groups is 3. The molecule has 0 aliphatic heterocycles. The van der Waals surface area contributed by atoms with Gasteiger partial charge >= 0.3 is 11.9 Å². The molecule has 1 unspecified atom stereocenters. The lowest BCUT2D eigenvalue weighted by atomic mass is 10.1. The van der Waals surface area contributed by atoms with Gasteiger partial charge in [-0.3, -0.25) is 4.79 Å². The normalized spacial score (nSPS) is 11.5. The molecule has 20 heavy (non-hydrogen) atoms. The van der Waals surface area contributed by atoms with Crippen molar-refractivity contribution in [3.8, 4) is 0 Å². The highest BCUT2D eigenvalue weighted by Crippen LogP contribution is 2.10. The molecule has 1 atom stereocenters. The van der Waals surface area contributed by atoms with E-state index in [0.29, 0.717) is 0 Å². The summed E-state index contributed by atoms with van der Waals surface area (Å²) in [7, 11) is 0. The molecule has 0 saturated heterocycles. The summed E-state index contributed by atoms with van der Waals surface area (Å²) >= 11 is 0. The van der Waals surface area contributed by atoms with Crippen molar-refractivity contribution < 1.29 is 29.3 Å². The molecule has 1 aromatic carbocycles. The first-order valence-electron chi connectivity index (χ1n) is 5.70. The predicted molar refractivity (Wildman–Crippen MR) is 69.5 cm³/mol. The van der Waals surface area contributed by atoms with Crippen molar-refractivity contribution in [1.82, 2.24) is 0 Å². The number of aromatic carboxylic acids is 1. The number of Topliss-reactive ketones (excluding diaryl/α,β-unsaturated/α-hetero) is 1. The van der Waals surface area contributed by atoms with Crippen LogP contribution in [0.1, 0.15) is 27.6 Å². The zero-order valence-corrected chi connectivity index (χ0v) is 10.8. The summed E-state index contributed by atoms with van der Waals surface area (Å²) in [5.74, 6) is -2.94. The van der Waals surface area contributed by atoms with Gasteiger partial charge in [0.15, 0.2) is 6.61 Å². The first-order chi connectivity index (χ1) is 9.34. The molecule has 0 amide bonds. The molecule has 0 saturated carbocycles. The van der Waals surface area contributed by atoms with Crippen molar-refractivity contribution in [3.63, 3.8) is 0 Å². The smallest absolute Gasteiger partial charge is 0.339 e. The van der Waals surface area contributed by atoms with E-state index in [9.17, 15) is 19.5 Å². The second-order valence-electron chi connectivity index (χ2n) is 4.14. The highest BCUT2D eigenvalue weighted by Gasteiger charge is 2.21. The fourth-order valence-electron chi connectivity index (χ4n) is 1.42. The van der Waals surface area contributed by atoms with Crippen molar-refractivity contribution in [2.45, 2.75) is 13.0 Å². The van der Waals surface area contributed by atoms with E-state index in [2.05, 4.69) is 6.58 Å². The Morgan fingerprint density at radius 1 is 1.25 bits per heavy atom. The van der Waals surface area contributed by atoms with Gasteiger partial charge in [0.05, 0.1) is 11.1 Å². The molecular weight excluding hydrogens is 264 g/mol. The number of carboxylic acid groups (broad SMARTS) is 1. The minimum absolute atomic E-state index is 0.155. The van der Waals surface area contributed by atoms with Crippen molar-refractivity contribution in [2.75, 3.05) is 6.61 Å². The Kier molecular flexibility index (Phi) is 5.16. The molecule has 0 aliphatic rings. The molecule has 0 bridgehead atoms. The van der Waals surface area contributed by atoms with E-state index in [1.54, 1.807) is 0 Å². The van der Waals surface area contributed by atoms with E-state index in [-0.39, 0.29) is 16.7 Å². The van der Waals surface area contributed by atoms with Crippen molar-refractivity contribution in [1.29, 1.82) is 0 Å². The van der Waals surface area contributed by atoms with Gasteiger partial charge in [-0.2, -0.15) is 0 Å². The fourth-order valence-corrected chi connectivity index (χ4v) is 1.42. The standard InChI is InChI=1S/C14H14O6/c1-8(2)12(16)11(15)7-20-14(19)10-6-4-3-5-9(10)13(17)18/h3-6,12,16H,1,7H2,2H3,(H,17,18). The molecule has 1 aromatic rings. The largest absolute Gasteiger partial charge is 0.478 e. The molecule has 1 rings (SSSR count). The number of carbonyl (C=O) groups excluding carboxylic acids is 2. The van der Waals surface area contributed by atoms with E-state index >= 15 is 0 Å². The van der Waals surface area contributed by atoms with E-state index in [0.717, 1.165) is 0 Å². The Hall–Kier alpha value is -2.47. The van der Waals surface area contributed by atoms with Gasteiger partial charge in [0.1, 0.15) is 6.10 Å². The van der Waals surface area contributed by atoms with Crippen LogP contribution in [0.2, 0.25) is 0 Å². The summed E-state index contributed by atoms with van der Waals surface area (Å²) in [5, 5.41) is 18.3. The van der Waals surface area contributed by atoms with Gasteiger partial charge in [-0.25, -0.2) is 9.59 Å². The zero-order chi connectivity index (χ0) is 15.3. The van der Waals surface area contributed by atoms with Crippen LogP contribution in [0.5, 0.6) is 0 Å². The summed E-state index contributed by atoms with van der Waals surface area (Å²) in [6.45, 7) is 4.22. The molecule has 0 radical (unpaired) electrons. The van der Waals surface area contributed by atoms with Gasteiger partial charge in [-0.05, 0) is 24.6 Å². The monoisotopic (exact) mass is 278 g/mol. The molecule has 0 aliphatic carbocycles. The molecule has 0 spiro atoms. The van der Waals surface area contributed by atoms with Crippen LogP contribution in [0.4, 0.5) is 0 Å². The van der Waals surface area contributed by atoms with Crippen LogP contribution in [0, 0.1) is 0 Å². The van der Waals surface area contributed by atoms with Gasteiger partial charge in [-0.1, -0.05) is 18.7 Å².